The molecule has 5 nitrogen and oxygen atoms in total. The predicted octanol–water partition coefficient (Wildman–Crippen LogP) is 5.71. The first kappa shape index (κ1) is 22.6. The van der Waals surface area contributed by atoms with E-state index in [0.717, 1.165) is 16.3 Å². The van der Waals surface area contributed by atoms with E-state index in [-0.39, 0.29) is 11.3 Å². The lowest BCUT2D eigenvalue weighted by molar-refractivity contribution is -0.139. The van der Waals surface area contributed by atoms with Crippen LogP contribution in [0.5, 0.6) is 5.75 Å². The van der Waals surface area contributed by atoms with Gasteiger partial charge in [-0.15, -0.1) is 0 Å². The summed E-state index contributed by atoms with van der Waals surface area (Å²) in [6.07, 6.45) is 0.701. The molecular weight excluding hydrogens is 414 g/mol. The third-order valence-electron chi connectivity index (χ3n) is 5.81. The molecule has 0 saturated carbocycles. The summed E-state index contributed by atoms with van der Waals surface area (Å²) >= 11 is 0. The summed E-state index contributed by atoms with van der Waals surface area (Å²) < 4.78 is 5.80. The van der Waals surface area contributed by atoms with Crippen LogP contribution in [0.25, 0.3) is 16.5 Å². The maximum absolute atomic E-state index is 13.2. The molecule has 1 fully saturated rings. The van der Waals surface area contributed by atoms with Gasteiger partial charge in [0.15, 0.2) is 0 Å². The normalized spacial score (nSPS) is 17.8. The van der Waals surface area contributed by atoms with Crippen LogP contribution in [0.15, 0.2) is 72.3 Å². The Hall–Kier alpha value is -3.60. The summed E-state index contributed by atoms with van der Waals surface area (Å²) in [6.45, 7) is 7.05. The van der Waals surface area contributed by atoms with Gasteiger partial charge in [-0.25, -0.2) is 0 Å². The van der Waals surface area contributed by atoms with E-state index in [2.05, 4.69) is 13.8 Å². The zero-order chi connectivity index (χ0) is 23.5. The van der Waals surface area contributed by atoms with Crippen LogP contribution >= 0.6 is 0 Å². The maximum Gasteiger partial charge on any atom is 0.295 e. The molecule has 0 aromatic heterocycles. The maximum atomic E-state index is 13.2. The minimum atomic E-state index is -0.660. The van der Waals surface area contributed by atoms with E-state index in [4.69, 9.17) is 4.74 Å². The van der Waals surface area contributed by atoms with E-state index in [1.54, 1.807) is 23.1 Å². The van der Waals surface area contributed by atoms with Crippen LogP contribution in [0, 0.1) is 5.92 Å². The van der Waals surface area contributed by atoms with Gasteiger partial charge in [0, 0.05) is 12.1 Å². The van der Waals surface area contributed by atoms with Crippen molar-refractivity contribution in [3.8, 4) is 5.75 Å². The fraction of sp³-hybridized carbons (Fsp3) is 0.286. The molecule has 1 heterocycles. The second-order valence-electron chi connectivity index (χ2n) is 8.79. The number of amides is 1. The number of carbonyl (C=O) groups is 2. The molecule has 5 heteroatoms. The molecule has 170 valence electrons. The summed E-state index contributed by atoms with van der Waals surface area (Å²) in [7, 11) is 0. The van der Waals surface area contributed by atoms with E-state index < -0.39 is 17.7 Å². The van der Waals surface area contributed by atoms with Crippen LogP contribution in [-0.4, -0.2) is 34.8 Å². The Morgan fingerprint density at radius 1 is 1.03 bits per heavy atom. The van der Waals surface area contributed by atoms with Gasteiger partial charge in [-0.3, -0.25) is 9.59 Å². The highest BCUT2D eigenvalue weighted by atomic mass is 16.5. The molecule has 33 heavy (non-hydrogen) atoms. The number of aliphatic hydroxyl groups is 1. The molecule has 0 spiro atoms. The van der Waals surface area contributed by atoms with Crippen LogP contribution in [-0.2, 0) is 9.59 Å². The number of carbonyl (C=O) groups excluding carboxylic acids is 2. The zero-order valence-electron chi connectivity index (χ0n) is 19.2. The second-order valence-corrected chi connectivity index (χ2v) is 8.79. The molecule has 1 aliphatic heterocycles. The number of nitrogens with zero attached hydrogens (tertiary/aromatic N) is 1. The van der Waals surface area contributed by atoms with Crippen molar-refractivity contribution in [1.29, 1.82) is 0 Å². The quantitative estimate of drug-likeness (QED) is 0.289. The van der Waals surface area contributed by atoms with Crippen molar-refractivity contribution in [1.82, 2.24) is 4.90 Å². The SMILES string of the molecule is CCCN1C(=O)C(=O)/C(=C(\O)c2cccc(OCC(C)C)c2)C1c1cccc2ccccc12. The minimum absolute atomic E-state index is 0.116. The average molecular weight is 444 g/mol. The summed E-state index contributed by atoms with van der Waals surface area (Å²) in [5.41, 5.74) is 1.40. The molecule has 1 N–H and O–H groups in total. The standard InChI is InChI=1S/C28H29NO4/c1-4-15-29-25(23-14-8-10-19-9-5-6-13-22(19)23)24(27(31)28(29)32)26(30)20-11-7-12-21(16-20)33-17-18(2)3/h5-14,16,18,25,30H,4,15,17H2,1-3H3/b26-24-. The molecule has 0 aliphatic carbocycles. The summed E-state index contributed by atoms with van der Waals surface area (Å²) in [5, 5.41) is 13.3. The topological polar surface area (TPSA) is 66.8 Å². The lowest BCUT2D eigenvalue weighted by atomic mass is 9.91. The van der Waals surface area contributed by atoms with E-state index in [0.29, 0.717) is 36.8 Å². The van der Waals surface area contributed by atoms with Crippen molar-refractivity contribution in [2.45, 2.75) is 33.2 Å². The van der Waals surface area contributed by atoms with Crippen LogP contribution in [0.3, 0.4) is 0 Å². The molecule has 1 saturated heterocycles. The fourth-order valence-corrected chi connectivity index (χ4v) is 4.32. The lowest BCUT2D eigenvalue weighted by Crippen LogP contribution is -2.30. The number of aliphatic hydroxyl groups excluding tert-OH is 1. The molecule has 1 amide bonds. The van der Waals surface area contributed by atoms with E-state index in [1.807, 2.05) is 55.5 Å². The van der Waals surface area contributed by atoms with Crippen molar-refractivity contribution >= 4 is 28.2 Å². The Morgan fingerprint density at radius 2 is 1.76 bits per heavy atom. The molecular formula is C28H29NO4. The van der Waals surface area contributed by atoms with Gasteiger partial charge in [-0.05, 0) is 40.8 Å². The predicted molar refractivity (Wildman–Crippen MR) is 130 cm³/mol. The van der Waals surface area contributed by atoms with E-state index in [9.17, 15) is 14.7 Å². The number of fused-ring (bicyclic) bond motifs is 1. The van der Waals surface area contributed by atoms with Crippen LogP contribution in [0.1, 0.15) is 44.4 Å². The highest BCUT2D eigenvalue weighted by Gasteiger charge is 2.46. The average Bonchev–Trinajstić information content (AvgIpc) is 3.07. The Kier molecular flexibility index (Phi) is 6.50. The number of rotatable bonds is 7. The van der Waals surface area contributed by atoms with Crippen LogP contribution in [0.2, 0.25) is 0 Å². The van der Waals surface area contributed by atoms with Gasteiger partial charge in [-0.2, -0.15) is 0 Å². The Morgan fingerprint density at radius 3 is 2.52 bits per heavy atom. The third-order valence-corrected chi connectivity index (χ3v) is 5.81. The Bertz CT molecular complexity index is 1220. The molecule has 1 atom stereocenters. The number of likely N-dealkylation sites (tertiary alicyclic amines) is 1. The first-order chi connectivity index (χ1) is 15.9. The highest BCUT2D eigenvalue weighted by Crippen LogP contribution is 2.42. The minimum Gasteiger partial charge on any atom is -0.507 e. The molecule has 3 aromatic rings. The Labute approximate surface area is 194 Å². The molecule has 3 aromatic carbocycles. The smallest absolute Gasteiger partial charge is 0.295 e. The van der Waals surface area contributed by atoms with Gasteiger partial charge >= 0.3 is 0 Å². The van der Waals surface area contributed by atoms with Gasteiger partial charge in [0.25, 0.3) is 11.7 Å². The van der Waals surface area contributed by atoms with Crippen molar-refractivity contribution in [2.75, 3.05) is 13.2 Å². The largest absolute Gasteiger partial charge is 0.507 e. The fourth-order valence-electron chi connectivity index (χ4n) is 4.32. The van der Waals surface area contributed by atoms with Crippen molar-refractivity contribution < 1.29 is 19.4 Å². The number of Topliss-reactive ketones (excluding diaryl/α,β-unsaturated/α-hetero) is 1. The Balaban J connectivity index is 1.87. The van der Waals surface area contributed by atoms with Crippen LogP contribution in [0.4, 0.5) is 0 Å². The van der Waals surface area contributed by atoms with Gasteiger partial charge in [-0.1, -0.05) is 75.4 Å². The second kappa shape index (κ2) is 9.49. The summed E-state index contributed by atoms with van der Waals surface area (Å²) in [6, 6.07) is 20.1. The summed E-state index contributed by atoms with van der Waals surface area (Å²) in [5.74, 6) is -0.457. The van der Waals surface area contributed by atoms with Gasteiger partial charge < -0.3 is 14.7 Å². The zero-order valence-corrected chi connectivity index (χ0v) is 19.2. The van der Waals surface area contributed by atoms with Gasteiger partial charge in [0.2, 0.25) is 0 Å². The van der Waals surface area contributed by atoms with E-state index >= 15 is 0 Å². The first-order valence-corrected chi connectivity index (χ1v) is 11.4. The van der Waals surface area contributed by atoms with Gasteiger partial charge in [0.05, 0.1) is 18.2 Å². The molecule has 1 aliphatic rings. The number of hydrogen-bond donors (Lipinski definition) is 1. The van der Waals surface area contributed by atoms with Gasteiger partial charge in [0.1, 0.15) is 11.5 Å². The number of ketones is 1. The lowest BCUT2D eigenvalue weighted by Gasteiger charge is -2.26. The number of ether oxygens (including phenoxy) is 1. The van der Waals surface area contributed by atoms with E-state index in [1.165, 1.54) is 0 Å². The molecule has 0 radical (unpaired) electrons. The van der Waals surface area contributed by atoms with Crippen LogP contribution < -0.4 is 4.74 Å². The number of hydrogen-bond acceptors (Lipinski definition) is 4. The molecule has 4 rings (SSSR count). The van der Waals surface area contributed by atoms with Crippen molar-refractivity contribution in [3.63, 3.8) is 0 Å². The monoisotopic (exact) mass is 443 g/mol. The molecule has 1 unspecified atom stereocenters. The van der Waals surface area contributed by atoms with Crippen molar-refractivity contribution in [3.05, 3.63) is 83.4 Å². The molecule has 0 bridgehead atoms. The highest BCUT2D eigenvalue weighted by molar-refractivity contribution is 6.46. The number of benzene rings is 3. The summed E-state index contributed by atoms with van der Waals surface area (Å²) in [4.78, 5) is 27.8. The van der Waals surface area contributed by atoms with Crippen molar-refractivity contribution in [2.24, 2.45) is 5.92 Å². The first-order valence-electron chi connectivity index (χ1n) is 11.4. The third kappa shape index (κ3) is 4.36.